The van der Waals surface area contributed by atoms with E-state index in [4.69, 9.17) is 23.2 Å². The van der Waals surface area contributed by atoms with Crippen LogP contribution in [0.15, 0.2) is 58.4 Å². The summed E-state index contributed by atoms with van der Waals surface area (Å²) in [6, 6.07) is 14.2. The number of hydrazone groups is 1. The van der Waals surface area contributed by atoms with Gasteiger partial charge in [-0.25, -0.2) is 4.68 Å². The summed E-state index contributed by atoms with van der Waals surface area (Å²) in [5.41, 5.74) is 5.29. The molecule has 122 valence electrons. The molecular weight excluding hydrogens is 347 g/mol. The Morgan fingerprint density at radius 2 is 1.88 bits per heavy atom. The molecule has 0 spiro atoms. The van der Waals surface area contributed by atoms with Crippen molar-refractivity contribution in [3.63, 3.8) is 0 Å². The molecule has 0 aliphatic heterocycles. The van der Waals surface area contributed by atoms with Gasteiger partial charge in [0.2, 0.25) is 0 Å². The topological polar surface area (TPSA) is 62.2 Å². The number of hydrogen-bond acceptors (Lipinski definition) is 3. The van der Waals surface area contributed by atoms with E-state index in [1.807, 2.05) is 19.1 Å². The van der Waals surface area contributed by atoms with E-state index >= 15 is 0 Å². The van der Waals surface area contributed by atoms with Crippen LogP contribution in [-0.4, -0.2) is 16.0 Å². The number of nitrogens with zero attached hydrogens (tertiary/aromatic N) is 2. The summed E-state index contributed by atoms with van der Waals surface area (Å²) in [4.78, 5) is 12.5. The van der Waals surface area contributed by atoms with Crippen molar-refractivity contribution in [3.8, 4) is 5.69 Å². The van der Waals surface area contributed by atoms with Gasteiger partial charge in [0.15, 0.2) is 0 Å². The number of aromatic amines is 1. The van der Waals surface area contributed by atoms with Crippen LogP contribution < -0.4 is 11.0 Å². The third kappa shape index (κ3) is 3.53. The highest BCUT2D eigenvalue weighted by Crippen LogP contribution is 2.15. The maximum Gasteiger partial charge on any atom is 0.280 e. The highest BCUT2D eigenvalue weighted by molar-refractivity contribution is 6.31. The monoisotopic (exact) mass is 360 g/mol. The average molecular weight is 361 g/mol. The molecule has 0 unspecified atom stereocenters. The Kier molecular flexibility index (Phi) is 4.74. The summed E-state index contributed by atoms with van der Waals surface area (Å²) >= 11 is 11.8. The Morgan fingerprint density at radius 3 is 2.58 bits per heavy atom. The molecule has 0 fully saturated rings. The predicted octanol–water partition coefficient (Wildman–Crippen LogP) is 4.23. The maximum atomic E-state index is 12.5. The van der Waals surface area contributed by atoms with Crippen LogP contribution in [-0.2, 0) is 0 Å². The van der Waals surface area contributed by atoms with E-state index in [1.165, 1.54) is 10.9 Å². The van der Waals surface area contributed by atoms with Gasteiger partial charge in [-0.3, -0.25) is 15.3 Å². The van der Waals surface area contributed by atoms with Crippen LogP contribution in [0.4, 0.5) is 5.69 Å². The molecule has 3 aromatic rings. The molecule has 0 bridgehead atoms. The number of anilines is 1. The third-order valence-electron chi connectivity index (χ3n) is 3.41. The van der Waals surface area contributed by atoms with Crippen LogP contribution in [0.1, 0.15) is 11.3 Å². The SMILES string of the molecule is Cc1[nH]n(-c2ccc(Cl)cc2)c(=O)c1/C=N/Nc1cccc(Cl)c1. The first-order chi connectivity index (χ1) is 11.5. The zero-order chi connectivity index (χ0) is 17.1. The van der Waals surface area contributed by atoms with Crippen LogP contribution in [0.25, 0.3) is 5.69 Å². The first-order valence-electron chi connectivity index (χ1n) is 7.17. The Morgan fingerprint density at radius 1 is 1.12 bits per heavy atom. The highest BCUT2D eigenvalue weighted by Gasteiger charge is 2.10. The van der Waals surface area contributed by atoms with Crippen LogP contribution in [0, 0.1) is 6.92 Å². The van der Waals surface area contributed by atoms with Gasteiger partial charge >= 0.3 is 0 Å². The Bertz CT molecular complexity index is 942. The number of aryl methyl sites for hydroxylation is 1. The van der Waals surface area contributed by atoms with Gasteiger partial charge in [0.05, 0.1) is 23.2 Å². The lowest BCUT2D eigenvalue weighted by atomic mass is 10.3. The smallest absolute Gasteiger partial charge is 0.280 e. The van der Waals surface area contributed by atoms with Crippen molar-refractivity contribution < 1.29 is 0 Å². The lowest BCUT2D eigenvalue weighted by Crippen LogP contribution is -2.17. The summed E-state index contributed by atoms with van der Waals surface area (Å²) in [6.07, 6.45) is 1.49. The molecule has 1 aromatic heterocycles. The number of H-pyrrole nitrogens is 1. The zero-order valence-electron chi connectivity index (χ0n) is 12.8. The standard InChI is InChI=1S/C17H14Cl2N4O/c1-11-16(10-20-21-14-4-2-3-13(19)9-14)17(24)23(22-11)15-7-5-12(18)6-8-15/h2-10,21-22H,1H3/b20-10+. The fourth-order valence-corrected chi connectivity index (χ4v) is 2.53. The largest absolute Gasteiger partial charge is 0.295 e. The molecule has 5 nitrogen and oxygen atoms in total. The number of aromatic nitrogens is 2. The van der Waals surface area contributed by atoms with E-state index in [0.29, 0.717) is 27.0 Å². The second-order valence-corrected chi connectivity index (χ2v) is 6.02. The minimum absolute atomic E-state index is 0.188. The highest BCUT2D eigenvalue weighted by atomic mass is 35.5. The zero-order valence-corrected chi connectivity index (χ0v) is 14.3. The summed E-state index contributed by atoms with van der Waals surface area (Å²) in [5, 5.41) is 8.36. The Hall–Kier alpha value is -2.50. The van der Waals surface area contributed by atoms with Gasteiger partial charge in [-0.05, 0) is 49.4 Å². The minimum atomic E-state index is -0.188. The fourth-order valence-electron chi connectivity index (χ4n) is 2.21. The third-order valence-corrected chi connectivity index (χ3v) is 3.90. The van der Waals surface area contributed by atoms with Crippen molar-refractivity contribution in [1.29, 1.82) is 0 Å². The van der Waals surface area contributed by atoms with E-state index < -0.39 is 0 Å². The minimum Gasteiger partial charge on any atom is -0.295 e. The van der Waals surface area contributed by atoms with Crippen LogP contribution in [0.3, 0.4) is 0 Å². The molecule has 0 aliphatic carbocycles. The molecular formula is C17H14Cl2N4O. The Balaban J connectivity index is 1.85. The summed E-state index contributed by atoms with van der Waals surface area (Å²) in [6.45, 7) is 1.81. The van der Waals surface area contributed by atoms with Gasteiger partial charge in [0.1, 0.15) is 0 Å². The second-order valence-electron chi connectivity index (χ2n) is 5.15. The van der Waals surface area contributed by atoms with Crippen molar-refractivity contribution in [2.24, 2.45) is 5.10 Å². The van der Waals surface area contributed by atoms with Crippen molar-refractivity contribution in [2.45, 2.75) is 6.92 Å². The van der Waals surface area contributed by atoms with E-state index in [2.05, 4.69) is 15.6 Å². The van der Waals surface area contributed by atoms with Gasteiger partial charge in [0.25, 0.3) is 5.56 Å². The van der Waals surface area contributed by atoms with Crippen LogP contribution >= 0.6 is 23.2 Å². The van der Waals surface area contributed by atoms with E-state index in [1.54, 1.807) is 36.4 Å². The molecule has 0 radical (unpaired) electrons. The van der Waals surface area contributed by atoms with E-state index in [9.17, 15) is 4.79 Å². The van der Waals surface area contributed by atoms with Crippen LogP contribution in [0.2, 0.25) is 10.0 Å². The van der Waals surface area contributed by atoms with Gasteiger partial charge in [-0.1, -0.05) is 29.3 Å². The normalized spacial score (nSPS) is 11.1. The summed E-state index contributed by atoms with van der Waals surface area (Å²) in [7, 11) is 0. The van der Waals surface area contributed by atoms with Gasteiger partial charge in [-0.2, -0.15) is 5.10 Å². The molecule has 1 heterocycles. The van der Waals surface area contributed by atoms with Gasteiger partial charge < -0.3 is 0 Å². The molecule has 0 atom stereocenters. The van der Waals surface area contributed by atoms with E-state index in [0.717, 1.165) is 5.69 Å². The maximum absolute atomic E-state index is 12.5. The molecule has 24 heavy (non-hydrogen) atoms. The number of nitrogens with one attached hydrogen (secondary N) is 2. The fraction of sp³-hybridized carbons (Fsp3) is 0.0588. The number of rotatable bonds is 4. The lowest BCUT2D eigenvalue weighted by molar-refractivity contribution is 0.835. The molecule has 3 rings (SSSR count). The first-order valence-corrected chi connectivity index (χ1v) is 7.92. The quantitative estimate of drug-likeness (QED) is 0.540. The van der Waals surface area contributed by atoms with Gasteiger partial charge in [0, 0.05) is 15.7 Å². The van der Waals surface area contributed by atoms with Crippen LogP contribution in [0.5, 0.6) is 0 Å². The van der Waals surface area contributed by atoms with Crippen molar-refractivity contribution in [1.82, 2.24) is 9.78 Å². The summed E-state index contributed by atoms with van der Waals surface area (Å²) < 4.78 is 1.45. The lowest BCUT2D eigenvalue weighted by Gasteiger charge is -2.00. The van der Waals surface area contributed by atoms with Crippen molar-refractivity contribution in [3.05, 3.63) is 80.2 Å². The second kappa shape index (κ2) is 6.95. The molecule has 7 heteroatoms. The molecule has 0 saturated carbocycles. The first kappa shape index (κ1) is 16.4. The number of halogens is 2. The van der Waals surface area contributed by atoms with E-state index in [-0.39, 0.29) is 5.56 Å². The van der Waals surface area contributed by atoms with Gasteiger partial charge in [-0.15, -0.1) is 0 Å². The molecule has 2 N–H and O–H groups in total. The summed E-state index contributed by atoms with van der Waals surface area (Å²) in [5.74, 6) is 0. The Labute approximate surface area is 148 Å². The average Bonchev–Trinajstić information content (AvgIpc) is 2.84. The predicted molar refractivity (Wildman–Crippen MR) is 98.8 cm³/mol. The van der Waals surface area contributed by atoms with Crippen molar-refractivity contribution in [2.75, 3.05) is 5.43 Å². The molecule has 0 saturated heterocycles. The van der Waals surface area contributed by atoms with Crippen molar-refractivity contribution >= 4 is 35.1 Å². The molecule has 0 amide bonds. The molecule has 2 aromatic carbocycles. The number of benzene rings is 2. The number of hydrogen-bond donors (Lipinski definition) is 2. The molecule has 0 aliphatic rings.